The summed E-state index contributed by atoms with van der Waals surface area (Å²) < 4.78 is 4.61. The fraction of sp³-hybridized carbons (Fsp3) is 0.533. The van der Waals surface area contributed by atoms with Gasteiger partial charge < -0.3 is 7.43 Å². The van der Waals surface area contributed by atoms with Crippen LogP contribution in [0.3, 0.4) is 0 Å². The number of halogens is 2. The number of H-pyrrole nitrogens is 1. The predicted octanol–water partition coefficient (Wildman–Crippen LogP) is 4.65. The Morgan fingerprint density at radius 2 is 1.31 bits per heavy atom. The quantitative estimate of drug-likeness (QED) is 0.331. The molecule has 0 spiro atoms. The molecule has 9 nitrogen and oxygen atoms in total. The van der Waals surface area contributed by atoms with Crippen LogP contribution in [-0.4, -0.2) is 44.7 Å². The Hall–Kier alpha value is 1.28. The summed E-state index contributed by atoms with van der Waals surface area (Å²) in [5.74, 6) is 0.822. The second kappa shape index (κ2) is 33.9. The first-order valence-electron chi connectivity index (χ1n) is 6.31. The Morgan fingerprint density at radius 1 is 0.862 bits per heavy atom. The fourth-order valence-corrected chi connectivity index (χ4v) is 1.49. The molecule has 0 aliphatic heterocycles. The summed E-state index contributed by atoms with van der Waals surface area (Å²) in [5, 5.41) is 13.8. The molecular weight excluding hydrogens is 828 g/mol. The fourth-order valence-electron chi connectivity index (χ4n) is 0.951. The molecule has 0 atom stereocenters. The van der Waals surface area contributed by atoms with E-state index in [1.807, 2.05) is 34.9 Å². The van der Waals surface area contributed by atoms with Crippen molar-refractivity contribution in [1.82, 2.24) is 44.7 Å². The van der Waals surface area contributed by atoms with E-state index in [0.29, 0.717) is 9.47 Å². The van der Waals surface area contributed by atoms with E-state index in [1.165, 1.54) is 6.33 Å². The van der Waals surface area contributed by atoms with Crippen molar-refractivity contribution in [3.8, 4) is 0 Å². The largest absolute Gasteiger partial charge is 0.358 e. The molecule has 3 aromatic heterocycles. The molecular formula is C15H34Br2N9WY2-. The maximum absolute atomic E-state index is 3.92. The second-order valence-electron chi connectivity index (χ2n) is 3.43. The van der Waals surface area contributed by atoms with E-state index >= 15 is 0 Å². The number of hydrogen-bond donors (Lipinski definition) is 1. The van der Waals surface area contributed by atoms with Gasteiger partial charge in [0.05, 0.1) is 0 Å². The third-order valence-corrected chi connectivity index (χ3v) is 2.42. The zero-order valence-electron chi connectivity index (χ0n) is 15.6. The second-order valence-corrected chi connectivity index (χ2v) is 4.89. The van der Waals surface area contributed by atoms with Crippen LogP contribution in [0.25, 0.3) is 0 Å². The molecule has 0 amide bonds. The molecule has 0 unspecified atom stereocenters. The monoisotopic (exact) mass is 860 g/mol. The molecule has 3 heterocycles. The third kappa shape index (κ3) is 31.5. The van der Waals surface area contributed by atoms with Crippen molar-refractivity contribution in [3.05, 3.63) is 41.7 Å². The zero-order valence-corrected chi connectivity index (χ0v) is 27.4. The molecule has 3 aromatic rings. The average Bonchev–Trinajstić information content (AvgIpc) is 3.19. The molecule has 166 valence electrons. The van der Waals surface area contributed by atoms with Gasteiger partial charge in [-0.3, -0.25) is 14.5 Å². The van der Waals surface area contributed by atoms with Gasteiger partial charge in [0.25, 0.3) is 0 Å². The van der Waals surface area contributed by atoms with Gasteiger partial charge in [0.1, 0.15) is 24.8 Å². The standard InChI is InChI=1S/C4H7N3.C3H4BrN3.C2H2BrN3.C2H6.3CH4.CH3.W.2Y/c1-4-5-3-7(2)6-4;1-7-2-5-3(4)6-7;3-2-4-1-5-6-2;1-2;;;;;;;/h3H,1-2H3;2H,1H3;1H,(H,4,5,6);1-2H3;3*1H4;1H3;;;/q;;;;;;;-1;;;. The van der Waals surface area contributed by atoms with Gasteiger partial charge in [-0.05, 0) is 38.8 Å². The van der Waals surface area contributed by atoms with E-state index in [-0.39, 0.29) is 116 Å². The van der Waals surface area contributed by atoms with Crippen LogP contribution >= 0.6 is 31.9 Å². The molecule has 2 radical (unpaired) electrons. The van der Waals surface area contributed by atoms with E-state index in [2.05, 4.69) is 67.2 Å². The number of aromatic nitrogens is 9. The molecule has 14 heteroatoms. The molecule has 0 aliphatic rings. The van der Waals surface area contributed by atoms with Gasteiger partial charge in [-0.1, -0.05) is 36.1 Å². The Kier molecular flexibility index (Phi) is 61.1. The molecule has 0 fully saturated rings. The van der Waals surface area contributed by atoms with Crippen molar-refractivity contribution in [2.45, 2.75) is 43.1 Å². The Balaban J connectivity index is -0.0000000327. The van der Waals surface area contributed by atoms with Crippen LogP contribution in [-0.2, 0) is 101 Å². The van der Waals surface area contributed by atoms with Crippen molar-refractivity contribution in [2.75, 3.05) is 0 Å². The molecule has 1 N–H and O–H groups in total. The Bertz CT molecular complexity index is 552. The van der Waals surface area contributed by atoms with Crippen molar-refractivity contribution in [3.63, 3.8) is 0 Å². The molecule has 0 aliphatic carbocycles. The van der Waals surface area contributed by atoms with Crippen LogP contribution in [0.5, 0.6) is 0 Å². The van der Waals surface area contributed by atoms with Crippen LogP contribution in [0.1, 0.15) is 42.0 Å². The normalized spacial score (nSPS) is 6.59. The smallest absolute Gasteiger partial charge is 0.217 e. The van der Waals surface area contributed by atoms with Crippen LogP contribution in [0, 0.1) is 14.4 Å². The van der Waals surface area contributed by atoms with Crippen LogP contribution in [0.4, 0.5) is 0 Å². The minimum absolute atomic E-state index is 0. The minimum atomic E-state index is 0. The third-order valence-electron chi connectivity index (χ3n) is 1.67. The molecule has 0 bridgehead atoms. The summed E-state index contributed by atoms with van der Waals surface area (Å²) in [5.41, 5.74) is 0. The first kappa shape index (κ1) is 52.3. The van der Waals surface area contributed by atoms with E-state index < -0.39 is 0 Å². The maximum atomic E-state index is 3.92. The number of nitrogens with zero attached hydrogens (tertiary/aromatic N) is 8. The van der Waals surface area contributed by atoms with Gasteiger partial charge in [0.2, 0.25) is 4.73 Å². The average molecular weight is 862 g/mol. The molecule has 0 saturated carbocycles. The van der Waals surface area contributed by atoms with Crippen molar-refractivity contribution in [2.24, 2.45) is 14.1 Å². The van der Waals surface area contributed by atoms with E-state index in [0.717, 1.165) is 5.82 Å². The predicted molar refractivity (Wildman–Crippen MR) is 116 cm³/mol. The van der Waals surface area contributed by atoms with Crippen molar-refractivity contribution in [1.29, 1.82) is 0 Å². The Morgan fingerprint density at radius 3 is 1.41 bits per heavy atom. The van der Waals surface area contributed by atoms with Gasteiger partial charge in [0, 0.05) is 101 Å². The summed E-state index contributed by atoms with van der Waals surface area (Å²) in [6, 6.07) is 0. The van der Waals surface area contributed by atoms with Crippen LogP contribution in [0.15, 0.2) is 28.4 Å². The molecule has 29 heavy (non-hydrogen) atoms. The van der Waals surface area contributed by atoms with E-state index in [1.54, 1.807) is 22.0 Å². The van der Waals surface area contributed by atoms with Gasteiger partial charge in [-0.25, -0.2) is 15.0 Å². The number of aryl methyl sites for hydroxylation is 3. The number of aromatic amines is 1. The number of hydrogen-bond acceptors (Lipinski definition) is 6. The van der Waals surface area contributed by atoms with Gasteiger partial charge in [0.15, 0.2) is 4.73 Å². The van der Waals surface area contributed by atoms with Crippen molar-refractivity contribution < 1.29 is 86.5 Å². The summed E-state index contributed by atoms with van der Waals surface area (Å²) in [7, 11) is 3.66. The van der Waals surface area contributed by atoms with Crippen LogP contribution < -0.4 is 0 Å². The first-order chi connectivity index (χ1) is 10.5. The van der Waals surface area contributed by atoms with E-state index in [9.17, 15) is 0 Å². The summed E-state index contributed by atoms with van der Waals surface area (Å²) in [6.07, 6.45) is 4.74. The zero-order chi connectivity index (χ0) is 17.0. The molecule has 0 aromatic carbocycles. The van der Waals surface area contributed by atoms with Gasteiger partial charge in [-0.15, -0.1) is 5.10 Å². The maximum Gasteiger partial charge on any atom is 0.217 e. The Labute approximate surface area is 258 Å². The first-order valence-corrected chi connectivity index (χ1v) is 7.90. The SMILES string of the molecule is Brc1ncn[nH]1.C.C.C.CC.Cc1ncn(C)n1.Cn1cnc(Br)n1.[CH3-].[W].[Y].[Y]. The number of nitrogens with one attached hydrogen (secondary N) is 1. The van der Waals surface area contributed by atoms with Gasteiger partial charge >= 0.3 is 0 Å². The summed E-state index contributed by atoms with van der Waals surface area (Å²) >= 11 is 6.14. The summed E-state index contributed by atoms with van der Waals surface area (Å²) in [6.45, 7) is 5.86. The molecule has 3 rings (SSSR count). The minimum Gasteiger partial charge on any atom is -0.358 e. The topological polar surface area (TPSA) is 103 Å². The van der Waals surface area contributed by atoms with Gasteiger partial charge in [-0.2, -0.15) is 10.2 Å². The summed E-state index contributed by atoms with van der Waals surface area (Å²) in [4.78, 5) is 11.3. The van der Waals surface area contributed by atoms with Crippen molar-refractivity contribution >= 4 is 31.9 Å². The number of rotatable bonds is 0. The van der Waals surface area contributed by atoms with E-state index in [4.69, 9.17) is 0 Å². The van der Waals surface area contributed by atoms with Crippen LogP contribution in [0.2, 0.25) is 0 Å². The molecule has 0 saturated heterocycles.